The average molecular weight is 481 g/mol. The number of para-hydroxylation sites is 1. The van der Waals surface area contributed by atoms with Crippen molar-refractivity contribution in [1.29, 1.82) is 0 Å². The molecular weight excluding hydrogens is 444 g/mol. The van der Waals surface area contributed by atoms with Crippen LogP contribution < -0.4 is 10.2 Å². The lowest BCUT2D eigenvalue weighted by atomic mass is 9.94. The molecule has 1 amide bonds. The zero-order valence-electron chi connectivity index (χ0n) is 21.0. The first-order valence-electron chi connectivity index (χ1n) is 12.4. The number of nitrogens with zero attached hydrogens (tertiary/aromatic N) is 1. The number of ether oxygens (including phenoxy) is 1. The number of allylic oxidation sites excluding steroid dienone is 1. The van der Waals surface area contributed by atoms with E-state index < -0.39 is 0 Å². The molecule has 2 aliphatic heterocycles. The van der Waals surface area contributed by atoms with Gasteiger partial charge in [-0.15, -0.1) is 0 Å². The lowest BCUT2D eigenvalue weighted by molar-refractivity contribution is 0.0991. The van der Waals surface area contributed by atoms with Gasteiger partial charge in [0.15, 0.2) is 0 Å². The van der Waals surface area contributed by atoms with Gasteiger partial charge in [0.2, 0.25) is 0 Å². The highest BCUT2D eigenvalue weighted by atomic mass is 16.6. The summed E-state index contributed by atoms with van der Waals surface area (Å²) in [5.74, 6) is -0.0810. The van der Waals surface area contributed by atoms with Crippen molar-refractivity contribution >= 4 is 23.0 Å². The van der Waals surface area contributed by atoms with Crippen LogP contribution in [0.15, 0.2) is 42.0 Å². The third-order valence-electron chi connectivity index (χ3n) is 7.05. The molecule has 2 aromatic rings. The summed E-state index contributed by atoms with van der Waals surface area (Å²) < 4.78 is 6.01. The minimum Gasteiger partial charge on any atom is -0.508 e. The van der Waals surface area contributed by atoms with E-state index in [1.165, 1.54) is 35.9 Å². The van der Waals surface area contributed by atoms with Crippen molar-refractivity contribution in [1.82, 2.24) is 0 Å². The molecule has 4 N–H and O–H groups in total. The summed E-state index contributed by atoms with van der Waals surface area (Å²) in [5, 5.41) is 33.9. The van der Waals surface area contributed by atoms with Crippen molar-refractivity contribution in [3.05, 3.63) is 47.5 Å². The van der Waals surface area contributed by atoms with Crippen LogP contribution in [0.25, 0.3) is 0 Å². The van der Waals surface area contributed by atoms with Crippen LogP contribution in [0.3, 0.4) is 0 Å². The number of benzene rings is 2. The van der Waals surface area contributed by atoms with Gasteiger partial charge in [0, 0.05) is 18.7 Å². The Hall–Kier alpha value is -3.19. The molecule has 7 nitrogen and oxygen atoms in total. The number of hydrogen-bond acceptors (Lipinski definition) is 6. The monoisotopic (exact) mass is 480 g/mol. The number of anilines is 3. The highest BCUT2D eigenvalue weighted by molar-refractivity contribution is 6.15. The van der Waals surface area contributed by atoms with Crippen molar-refractivity contribution in [3.63, 3.8) is 0 Å². The van der Waals surface area contributed by atoms with E-state index in [1.54, 1.807) is 12.1 Å². The minimum atomic E-state index is -0.334. The molecule has 4 rings (SSSR count). The molecular formula is C28H36N2O5. The van der Waals surface area contributed by atoms with Crippen LogP contribution in [-0.4, -0.2) is 39.5 Å². The fraction of sp³-hybridized carbons (Fsp3) is 0.464. The first kappa shape index (κ1) is 24.9. The summed E-state index contributed by atoms with van der Waals surface area (Å²) in [6.07, 6.45) is 7.55. The van der Waals surface area contributed by atoms with Gasteiger partial charge < -0.3 is 30.3 Å². The quantitative estimate of drug-likeness (QED) is 0.147. The maximum atomic E-state index is 13.5. The first-order valence-corrected chi connectivity index (χ1v) is 12.4. The topological polar surface area (TPSA) is 106 Å². The second-order valence-electron chi connectivity index (χ2n) is 10.4. The molecule has 0 saturated carbocycles. The fourth-order valence-electron chi connectivity index (χ4n) is 4.79. The van der Waals surface area contributed by atoms with Gasteiger partial charge in [-0.05, 0) is 51.2 Å². The summed E-state index contributed by atoms with van der Waals surface area (Å²) in [6, 6.07) is 7.35. The van der Waals surface area contributed by atoms with Gasteiger partial charge >= 0.3 is 0 Å². The smallest absolute Gasteiger partial charge is 0.260 e. The van der Waals surface area contributed by atoms with E-state index in [0.717, 1.165) is 24.8 Å². The second kappa shape index (κ2) is 9.82. The Balaban J connectivity index is 1.48. The van der Waals surface area contributed by atoms with Gasteiger partial charge in [-0.25, -0.2) is 0 Å². The Labute approximate surface area is 207 Å². The van der Waals surface area contributed by atoms with Gasteiger partial charge in [0.1, 0.15) is 22.9 Å². The summed E-state index contributed by atoms with van der Waals surface area (Å²) in [5.41, 5.74) is 2.24. The van der Waals surface area contributed by atoms with E-state index in [2.05, 4.69) is 26.1 Å². The zero-order chi connectivity index (χ0) is 25.3. The number of carbonyl (C=O) groups is 1. The van der Waals surface area contributed by atoms with E-state index in [0.29, 0.717) is 11.6 Å². The normalized spacial score (nSPS) is 21.4. The summed E-state index contributed by atoms with van der Waals surface area (Å²) in [7, 11) is 0. The largest absolute Gasteiger partial charge is 0.508 e. The Morgan fingerprint density at radius 1 is 1.20 bits per heavy atom. The average Bonchev–Trinajstić information content (AvgIpc) is 3.46. The molecule has 0 spiro atoms. The predicted molar refractivity (Wildman–Crippen MR) is 138 cm³/mol. The number of carbonyl (C=O) groups excluding carboxylic acids is 1. The van der Waals surface area contributed by atoms with Crippen LogP contribution in [0.5, 0.6) is 17.2 Å². The fourth-order valence-corrected chi connectivity index (χ4v) is 4.79. The summed E-state index contributed by atoms with van der Waals surface area (Å²) in [6.45, 7) is 8.99. The van der Waals surface area contributed by atoms with Gasteiger partial charge in [-0.1, -0.05) is 44.4 Å². The van der Waals surface area contributed by atoms with Gasteiger partial charge in [-0.3, -0.25) is 4.79 Å². The molecule has 7 heteroatoms. The van der Waals surface area contributed by atoms with Crippen molar-refractivity contribution in [2.45, 2.75) is 71.5 Å². The van der Waals surface area contributed by atoms with Gasteiger partial charge in [-0.2, -0.15) is 0 Å². The molecule has 1 saturated heterocycles. The molecule has 0 bridgehead atoms. The predicted octanol–water partition coefficient (Wildman–Crippen LogP) is 6.22. The maximum Gasteiger partial charge on any atom is 0.260 e. The third kappa shape index (κ3) is 5.40. The van der Waals surface area contributed by atoms with Crippen LogP contribution >= 0.6 is 0 Å². The number of phenolic OH excluding ortho intramolecular Hbond substituents is 3. The molecule has 2 atom stereocenters. The van der Waals surface area contributed by atoms with Crippen LogP contribution in [-0.2, 0) is 4.74 Å². The van der Waals surface area contributed by atoms with Crippen molar-refractivity contribution in [2.24, 2.45) is 5.92 Å². The maximum absolute atomic E-state index is 13.5. The number of phenols is 3. The van der Waals surface area contributed by atoms with E-state index >= 15 is 0 Å². The molecule has 2 heterocycles. The van der Waals surface area contributed by atoms with Crippen molar-refractivity contribution in [3.8, 4) is 17.2 Å². The Morgan fingerprint density at radius 2 is 1.97 bits per heavy atom. The molecule has 1 fully saturated rings. The number of aromatic hydroxyl groups is 3. The molecule has 188 valence electrons. The number of hydrogen-bond donors (Lipinski definition) is 4. The number of fused-ring (bicyclic) bond motifs is 2. The van der Waals surface area contributed by atoms with Crippen LogP contribution in [0.1, 0.15) is 70.2 Å². The number of amides is 1. The SMILES string of the molecule is C/C(=C\CN1C(=O)c2cccc(O)c2Nc2c(O)cc(O)cc21)CCC1OC1(C)CCCC(C)C. The van der Waals surface area contributed by atoms with Crippen LogP contribution in [0.4, 0.5) is 17.1 Å². The standard InChI is InChI=1S/C28H36N2O5/c1-17(2)7-6-13-28(4)24(35-28)11-10-18(3)12-14-30-21-15-19(31)16-23(33)26(21)29-25-20(27(30)34)8-5-9-22(25)32/h5,8-9,12,15-17,24,29,31-33H,6-7,10-11,13-14H2,1-4H3/b18-12+. The molecule has 0 radical (unpaired) electrons. The molecule has 0 aliphatic carbocycles. The molecule has 2 aromatic carbocycles. The molecule has 2 aliphatic rings. The van der Waals surface area contributed by atoms with Crippen LogP contribution in [0, 0.1) is 5.92 Å². The summed E-state index contributed by atoms with van der Waals surface area (Å²) >= 11 is 0. The van der Waals surface area contributed by atoms with Crippen LogP contribution in [0.2, 0.25) is 0 Å². The van der Waals surface area contributed by atoms with E-state index in [9.17, 15) is 20.1 Å². The lowest BCUT2D eigenvalue weighted by Crippen LogP contribution is -2.30. The Morgan fingerprint density at radius 3 is 2.71 bits per heavy atom. The second-order valence-corrected chi connectivity index (χ2v) is 10.4. The highest BCUT2D eigenvalue weighted by Crippen LogP contribution is 2.46. The number of rotatable bonds is 9. The van der Waals surface area contributed by atoms with Crippen molar-refractivity contribution < 1.29 is 24.9 Å². The lowest BCUT2D eigenvalue weighted by Gasteiger charge is -2.22. The minimum absolute atomic E-state index is 0.0126. The Kier molecular flexibility index (Phi) is 6.99. The van der Waals surface area contributed by atoms with Crippen molar-refractivity contribution in [2.75, 3.05) is 16.8 Å². The highest BCUT2D eigenvalue weighted by Gasteiger charge is 2.50. The van der Waals surface area contributed by atoms with E-state index in [4.69, 9.17) is 4.74 Å². The Bertz CT molecular complexity index is 1140. The van der Waals surface area contributed by atoms with E-state index in [-0.39, 0.29) is 58.3 Å². The molecule has 0 aromatic heterocycles. The van der Waals surface area contributed by atoms with Gasteiger partial charge in [0.25, 0.3) is 5.91 Å². The molecule has 2 unspecified atom stereocenters. The number of nitrogens with one attached hydrogen (secondary N) is 1. The molecule has 35 heavy (non-hydrogen) atoms. The van der Waals surface area contributed by atoms with Gasteiger partial charge in [0.05, 0.1) is 28.6 Å². The first-order chi connectivity index (χ1) is 16.6. The summed E-state index contributed by atoms with van der Waals surface area (Å²) in [4.78, 5) is 15.0. The number of epoxide rings is 1. The zero-order valence-corrected chi connectivity index (χ0v) is 21.0. The van der Waals surface area contributed by atoms with E-state index in [1.807, 2.05) is 13.0 Å². The third-order valence-corrected chi connectivity index (χ3v) is 7.05.